The predicted molar refractivity (Wildman–Crippen MR) is 137 cm³/mol. The Bertz CT molecular complexity index is 1680. The lowest BCUT2D eigenvalue weighted by atomic mass is 10.0. The van der Waals surface area contributed by atoms with Gasteiger partial charge in [0.25, 0.3) is 17.8 Å². The zero-order valence-electron chi connectivity index (χ0n) is 19.5. The van der Waals surface area contributed by atoms with Gasteiger partial charge in [0, 0.05) is 23.5 Å². The molecule has 0 atom stereocenters. The highest BCUT2D eigenvalue weighted by Crippen LogP contribution is 2.40. The molecule has 0 unspecified atom stereocenters. The number of primary amides is 1. The number of hydrogen-bond acceptors (Lipinski definition) is 8. The van der Waals surface area contributed by atoms with Gasteiger partial charge in [-0.25, -0.2) is 9.97 Å². The number of aromatic hydroxyl groups is 1. The second-order valence-electron chi connectivity index (χ2n) is 8.02. The average Bonchev–Trinajstić information content (AvgIpc) is 3.34. The Kier molecular flexibility index (Phi) is 6.08. The standard InChI is InChI=1S/C26H20N8O3/c1-15-7-2-5-10-20(15)31-25(37)18-13-16-8-3-4-9-17(16)21(22(18)35)32-33-24-19(23(27)36)14-30-34(24)26-28-11-6-12-29-26/h2-14,35H,1H3,(H2,27,36)(H,31,37). The van der Waals surface area contributed by atoms with Gasteiger partial charge < -0.3 is 16.2 Å². The molecular weight excluding hydrogens is 472 g/mol. The van der Waals surface area contributed by atoms with E-state index in [1.54, 1.807) is 48.5 Å². The maximum Gasteiger partial charge on any atom is 0.259 e. The average molecular weight is 492 g/mol. The molecule has 5 rings (SSSR count). The van der Waals surface area contributed by atoms with Crippen LogP contribution < -0.4 is 11.1 Å². The lowest BCUT2D eigenvalue weighted by molar-refractivity contribution is 0.0997. The summed E-state index contributed by atoms with van der Waals surface area (Å²) in [6.07, 6.45) is 4.24. The number of phenols is 1. The first-order valence-corrected chi connectivity index (χ1v) is 11.1. The molecule has 0 aliphatic heterocycles. The SMILES string of the molecule is Cc1ccccc1NC(=O)c1cc2ccccc2c(N=Nc2c(C(N)=O)cnn2-c2ncccn2)c1O. The van der Waals surface area contributed by atoms with Crippen LogP contribution in [0.5, 0.6) is 5.75 Å². The third kappa shape index (κ3) is 4.48. The summed E-state index contributed by atoms with van der Waals surface area (Å²) in [5.74, 6) is -1.57. The normalized spacial score (nSPS) is 11.2. The summed E-state index contributed by atoms with van der Waals surface area (Å²) in [5, 5.41) is 27.7. The number of fused-ring (bicyclic) bond motifs is 1. The molecule has 11 heteroatoms. The van der Waals surface area contributed by atoms with Gasteiger partial charge in [0.15, 0.2) is 11.6 Å². The summed E-state index contributed by atoms with van der Waals surface area (Å²) in [5.41, 5.74) is 7.00. The summed E-state index contributed by atoms with van der Waals surface area (Å²) in [4.78, 5) is 33.4. The van der Waals surface area contributed by atoms with Gasteiger partial charge in [0.05, 0.1) is 11.8 Å². The smallest absolute Gasteiger partial charge is 0.259 e. The van der Waals surface area contributed by atoms with Gasteiger partial charge >= 0.3 is 0 Å². The highest BCUT2D eigenvalue weighted by Gasteiger charge is 2.21. The van der Waals surface area contributed by atoms with Crippen LogP contribution in [0.25, 0.3) is 16.7 Å². The van der Waals surface area contributed by atoms with Crippen molar-refractivity contribution in [2.45, 2.75) is 6.92 Å². The number of carbonyl (C=O) groups excluding carboxylic acids is 2. The van der Waals surface area contributed by atoms with Crippen LogP contribution in [-0.4, -0.2) is 36.7 Å². The van der Waals surface area contributed by atoms with E-state index in [1.807, 2.05) is 19.1 Å². The van der Waals surface area contributed by atoms with Crippen LogP contribution in [0.15, 0.2) is 89.5 Å². The van der Waals surface area contributed by atoms with Crippen LogP contribution >= 0.6 is 0 Å². The number of benzene rings is 3. The third-order valence-corrected chi connectivity index (χ3v) is 5.63. The maximum atomic E-state index is 13.2. The summed E-state index contributed by atoms with van der Waals surface area (Å²) in [7, 11) is 0. The van der Waals surface area contributed by atoms with Crippen molar-refractivity contribution in [3.63, 3.8) is 0 Å². The number of anilines is 1. The molecule has 0 spiro atoms. The third-order valence-electron chi connectivity index (χ3n) is 5.63. The van der Waals surface area contributed by atoms with Gasteiger partial charge in [0.2, 0.25) is 0 Å². The van der Waals surface area contributed by atoms with Crippen molar-refractivity contribution in [3.05, 3.63) is 95.9 Å². The first-order valence-electron chi connectivity index (χ1n) is 11.1. The van der Waals surface area contributed by atoms with Crippen LogP contribution in [-0.2, 0) is 0 Å². The lowest BCUT2D eigenvalue weighted by Gasteiger charge is -2.12. The van der Waals surface area contributed by atoms with Gasteiger partial charge in [-0.15, -0.1) is 10.2 Å². The van der Waals surface area contributed by atoms with Crippen molar-refractivity contribution >= 4 is 39.8 Å². The summed E-state index contributed by atoms with van der Waals surface area (Å²) >= 11 is 0. The van der Waals surface area contributed by atoms with E-state index >= 15 is 0 Å². The number of nitrogens with two attached hydrogens (primary N) is 1. The van der Waals surface area contributed by atoms with Crippen molar-refractivity contribution in [2.24, 2.45) is 16.0 Å². The van der Waals surface area contributed by atoms with Crippen molar-refractivity contribution < 1.29 is 14.7 Å². The first-order chi connectivity index (χ1) is 17.9. The molecule has 2 amide bonds. The Morgan fingerprint density at radius 2 is 1.70 bits per heavy atom. The molecule has 3 aromatic carbocycles. The molecule has 182 valence electrons. The predicted octanol–water partition coefficient (Wildman–Crippen LogP) is 4.60. The number of phenolic OH excluding ortho intramolecular Hbond substituents is 1. The van der Waals surface area contributed by atoms with E-state index in [0.717, 1.165) is 5.56 Å². The summed E-state index contributed by atoms with van der Waals surface area (Å²) < 4.78 is 1.21. The van der Waals surface area contributed by atoms with Crippen molar-refractivity contribution in [2.75, 3.05) is 5.32 Å². The fourth-order valence-electron chi connectivity index (χ4n) is 3.75. The van der Waals surface area contributed by atoms with Gasteiger partial charge in [-0.3, -0.25) is 9.59 Å². The van der Waals surface area contributed by atoms with Crippen molar-refractivity contribution in [1.29, 1.82) is 0 Å². The molecule has 0 fully saturated rings. The second kappa shape index (κ2) is 9.66. The number of amides is 2. The Morgan fingerprint density at radius 3 is 2.46 bits per heavy atom. The zero-order valence-corrected chi connectivity index (χ0v) is 19.5. The highest BCUT2D eigenvalue weighted by atomic mass is 16.3. The van der Waals surface area contributed by atoms with E-state index in [9.17, 15) is 14.7 Å². The van der Waals surface area contributed by atoms with Crippen LogP contribution in [0, 0.1) is 6.92 Å². The van der Waals surface area contributed by atoms with Gasteiger partial charge in [0.1, 0.15) is 11.3 Å². The number of para-hydroxylation sites is 1. The number of azo groups is 1. The maximum absolute atomic E-state index is 13.2. The molecule has 11 nitrogen and oxygen atoms in total. The molecular formula is C26H20N8O3. The first kappa shape index (κ1) is 23.3. The molecule has 0 saturated carbocycles. The zero-order chi connectivity index (χ0) is 25.9. The quantitative estimate of drug-likeness (QED) is 0.294. The summed E-state index contributed by atoms with van der Waals surface area (Å²) in [6, 6.07) is 17.6. The van der Waals surface area contributed by atoms with Gasteiger partial charge in [-0.2, -0.15) is 9.78 Å². The molecule has 37 heavy (non-hydrogen) atoms. The minimum atomic E-state index is -0.781. The molecule has 0 radical (unpaired) electrons. The van der Waals surface area contributed by atoms with Crippen LogP contribution in [0.2, 0.25) is 0 Å². The van der Waals surface area contributed by atoms with Crippen LogP contribution in [0.1, 0.15) is 26.3 Å². The monoisotopic (exact) mass is 492 g/mol. The van der Waals surface area contributed by atoms with E-state index in [-0.39, 0.29) is 34.3 Å². The van der Waals surface area contributed by atoms with Crippen LogP contribution in [0.3, 0.4) is 0 Å². The molecule has 5 aromatic rings. The molecule has 2 heterocycles. The number of hydrogen-bond donors (Lipinski definition) is 3. The van der Waals surface area contributed by atoms with E-state index in [0.29, 0.717) is 16.5 Å². The van der Waals surface area contributed by atoms with E-state index in [4.69, 9.17) is 5.73 Å². The molecule has 2 aromatic heterocycles. The molecule has 0 aliphatic carbocycles. The second-order valence-corrected chi connectivity index (χ2v) is 8.02. The molecule has 4 N–H and O–H groups in total. The van der Waals surface area contributed by atoms with Gasteiger partial charge in [-0.05, 0) is 36.1 Å². The largest absolute Gasteiger partial charge is 0.505 e. The Balaban J connectivity index is 1.63. The minimum absolute atomic E-state index is 0.00549. The fraction of sp³-hybridized carbons (Fsp3) is 0.0385. The number of aromatic nitrogens is 4. The Labute approximate surface area is 210 Å². The topological polar surface area (TPSA) is 161 Å². The molecule has 0 bridgehead atoms. The Hall–Kier alpha value is -5.45. The number of rotatable bonds is 6. The summed E-state index contributed by atoms with van der Waals surface area (Å²) in [6.45, 7) is 1.87. The van der Waals surface area contributed by atoms with E-state index in [1.165, 1.54) is 23.3 Å². The van der Waals surface area contributed by atoms with E-state index < -0.39 is 11.8 Å². The lowest BCUT2D eigenvalue weighted by Crippen LogP contribution is -2.13. The number of carbonyl (C=O) groups is 2. The van der Waals surface area contributed by atoms with Crippen molar-refractivity contribution in [1.82, 2.24) is 19.7 Å². The highest BCUT2D eigenvalue weighted by molar-refractivity contribution is 6.12. The number of aryl methyl sites for hydroxylation is 1. The van der Waals surface area contributed by atoms with E-state index in [2.05, 4.69) is 30.6 Å². The number of nitrogens with one attached hydrogen (secondary N) is 1. The number of nitrogens with zero attached hydrogens (tertiary/aromatic N) is 6. The Morgan fingerprint density at radius 1 is 0.973 bits per heavy atom. The van der Waals surface area contributed by atoms with Crippen LogP contribution in [0.4, 0.5) is 17.2 Å². The minimum Gasteiger partial charge on any atom is -0.505 e. The molecule has 0 aliphatic rings. The van der Waals surface area contributed by atoms with Gasteiger partial charge in [-0.1, -0.05) is 42.5 Å². The fourth-order valence-corrected chi connectivity index (χ4v) is 3.75. The van der Waals surface area contributed by atoms with Crippen molar-refractivity contribution in [3.8, 4) is 11.7 Å². The molecule has 0 saturated heterocycles.